The van der Waals surface area contributed by atoms with E-state index in [2.05, 4.69) is 26.2 Å². The molecule has 1 aliphatic rings. The molecular weight excluding hydrogens is 152 g/mol. The molecule has 1 fully saturated rings. The number of rotatable bonds is 3. The van der Waals surface area contributed by atoms with Crippen LogP contribution in [0.15, 0.2) is 12.7 Å². The van der Waals surface area contributed by atoms with Crippen LogP contribution in [-0.4, -0.2) is 19.8 Å². The predicted octanol–water partition coefficient (Wildman–Crippen LogP) is 2.12. The Morgan fingerprint density at radius 3 is 2.09 bits per heavy atom. The van der Waals surface area contributed by atoms with Gasteiger partial charge in [0.15, 0.2) is 0 Å². The minimum Gasteiger partial charge on any atom is -0.396 e. The summed E-state index contributed by atoms with van der Waals surface area (Å²) in [7, 11) is -1.02. The van der Waals surface area contributed by atoms with Crippen LogP contribution in [0.3, 0.4) is 0 Å². The lowest BCUT2D eigenvalue weighted by atomic mass is 10.3. The number of hydrogen-bond acceptors (Lipinski definition) is 1. The predicted molar refractivity (Wildman–Crippen MR) is 51.4 cm³/mol. The van der Waals surface area contributed by atoms with E-state index in [0.29, 0.717) is 18.4 Å². The van der Waals surface area contributed by atoms with E-state index in [1.165, 1.54) is 0 Å². The summed E-state index contributed by atoms with van der Waals surface area (Å²) >= 11 is 0. The fourth-order valence-electron chi connectivity index (χ4n) is 2.18. The summed E-state index contributed by atoms with van der Waals surface area (Å²) in [5, 5.41) is 9.02. The molecule has 0 aromatic rings. The van der Waals surface area contributed by atoms with Crippen molar-refractivity contribution in [2.75, 3.05) is 6.61 Å². The van der Waals surface area contributed by atoms with E-state index < -0.39 is 8.07 Å². The van der Waals surface area contributed by atoms with Crippen molar-refractivity contribution in [1.82, 2.24) is 0 Å². The van der Waals surface area contributed by atoms with Crippen LogP contribution in [-0.2, 0) is 0 Å². The van der Waals surface area contributed by atoms with Gasteiger partial charge >= 0.3 is 0 Å². The summed E-state index contributed by atoms with van der Waals surface area (Å²) < 4.78 is 0. The third-order valence-corrected chi connectivity index (χ3v) is 5.53. The van der Waals surface area contributed by atoms with Gasteiger partial charge in [-0.05, 0) is 17.4 Å². The number of hydrogen-bond donors (Lipinski definition) is 1. The van der Waals surface area contributed by atoms with Crippen molar-refractivity contribution in [3.05, 3.63) is 12.7 Å². The summed E-state index contributed by atoms with van der Waals surface area (Å²) in [6, 6.07) is 0. The fourth-order valence-corrected chi connectivity index (χ4v) is 5.22. The molecule has 0 aliphatic heterocycles. The Morgan fingerprint density at radius 2 is 2.00 bits per heavy atom. The highest BCUT2D eigenvalue weighted by molar-refractivity contribution is 6.78. The maximum Gasteiger partial charge on any atom is 0.0484 e. The third-order valence-electron chi connectivity index (χ3n) is 2.71. The van der Waals surface area contributed by atoms with Gasteiger partial charge in [-0.15, -0.1) is 6.58 Å². The average Bonchev–Trinajstić information content (AvgIpc) is 2.58. The molecule has 0 saturated heterocycles. The third kappa shape index (κ3) is 1.57. The molecule has 0 amide bonds. The molecule has 1 rings (SSSR count). The lowest BCUT2D eigenvalue weighted by molar-refractivity contribution is 0.272. The fraction of sp³-hybridized carbons (Fsp3) is 0.778. The maximum atomic E-state index is 9.02. The van der Waals surface area contributed by atoms with Crippen molar-refractivity contribution in [3.8, 4) is 0 Å². The summed E-state index contributed by atoms with van der Waals surface area (Å²) in [5.74, 6) is 1.16. The van der Waals surface area contributed by atoms with Gasteiger partial charge in [0.2, 0.25) is 0 Å². The molecule has 0 heterocycles. The van der Waals surface area contributed by atoms with E-state index in [4.69, 9.17) is 5.11 Å². The second kappa shape index (κ2) is 2.76. The van der Waals surface area contributed by atoms with Gasteiger partial charge in [-0.25, -0.2) is 0 Å². The van der Waals surface area contributed by atoms with Gasteiger partial charge < -0.3 is 5.11 Å². The molecule has 1 nitrogen and oxygen atoms in total. The molecule has 11 heavy (non-hydrogen) atoms. The SMILES string of the molecule is C=CC1C(CO)C1[Si](C)(C)C. The molecule has 3 atom stereocenters. The van der Waals surface area contributed by atoms with Gasteiger partial charge in [0.1, 0.15) is 0 Å². The topological polar surface area (TPSA) is 20.2 Å². The Labute approximate surface area is 70.1 Å². The second-order valence-electron chi connectivity index (χ2n) is 4.55. The zero-order chi connectivity index (χ0) is 8.65. The highest BCUT2D eigenvalue weighted by Crippen LogP contribution is 2.57. The average molecular weight is 170 g/mol. The largest absolute Gasteiger partial charge is 0.396 e. The number of allylic oxidation sites excluding steroid dienone is 1. The first kappa shape index (κ1) is 9.01. The second-order valence-corrected chi connectivity index (χ2v) is 9.95. The Balaban J connectivity index is 2.58. The highest BCUT2D eigenvalue weighted by atomic mass is 28.3. The molecule has 1 N–H and O–H groups in total. The molecule has 64 valence electrons. The van der Waals surface area contributed by atoms with Crippen molar-refractivity contribution in [2.24, 2.45) is 11.8 Å². The van der Waals surface area contributed by atoms with Crippen molar-refractivity contribution in [2.45, 2.75) is 25.2 Å². The van der Waals surface area contributed by atoms with E-state index in [1.54, 1.807) is 0 Å². The van der Waals surface area contributed by atoms with E-state index in [9.17, 15) is 0 Å². The van der Waals surface area contributed by atoms with Crippen molar-refractivity contribution in [3.63, 3.8) is 0 Å². The molecule has 0 aromatic heterocycles. The van der Waals surface area contributed by atoms with Gasteiger partial charge in [-0.3, -0.25) is 0 Å². The van der Waals surface area contributed by atoms with E-state index in [0.717, 1.165) is 5.54 Å². The minimum absolute atomic E-state index is 0.353. The lowest BCUT2D eigenvalue weighted by Gasteiger charge is -2.15. The van der Waals surface area contributed by atoms with Gasteiger partial charge in [0.05, 0.1) is 0 Å². The number of aliphatic hydroxyl groups is 1. The first-order valence-electron chi connectivity index (χ1n) is 4.25. The number of aliphatic hydroxyl groups excluding tert-OH is 1. The maximum absolute atomic E-state index is 9.02. The van der Waals surface area contributed by atoms with Crippen LogP contribution in [0.5, 0.6) is 0 Å². The Morgan fingerprint density at radius 1 is 1.45 bits per heavy atom. The summed E-state index contributed by atoms with van der Waals surface area (Å²) in [5.41, 5.74) is 0.782. The molecule has 2 heteroatoms. The molecule has 0 aromatic carbocycles. The zero-order valence-electron chi connectivity index (χ0n) is 7.67. The molecule has 0 spiro atoms. The molecule has 0 radical (unpaired) electrons. The van der Waals surface area contributed by atoms with Gasteiger partial charge in [-0.1, -0.05) is 25.7 Å². The van der Waals surface area contributed by atoms with Crippen LogP contribution in [0.4, 0.5) is 0 Å². The highest BCUT2D eigenvalue weighted by Gasteiger charge is 2.53. The lowest BCUT2D eigenvalue weighted by Crippen LogP contribution is -2.21. The van der Waals surface area contributed by atoms with Crippen LogP contribution < -0.4 is 0 Å². The van der Waals surface area contributed by atoms with Crippen molar-refractivity contribution in [1.29, 1.82) is 0 Å². The quantitative estimate of drug-likeness (QED) is 0.508. The van der Waals surface area contributed by atoms with Crippen LogP contribution in [0.25, 0.3) is 0 Å². The summed E-state index contributed by atoms with van der Waals surface area (Å²) in [4.78, 5) is 0. The molecule has 1 aliphatic carbocycles. The van der Waals surface area contributed by atoms with Crippen LogP contribution in [0, 0.1) is 11.8 Å². The van der Waals surface area contributed by atoms with Crippen LogP contribution >= 0.6 is 0 Å². The van der Waals surface area contributed by atoms with E-state index in [-0.39, 0.29) is 0 Å². The van der Waals surface area contributed by atoms with Gasteiger partial charge in [-0.2, -0.15) is 0 Å². The van der Waals surface area contributed by atoms with Gasteiger partial charge in [0, 0.05) is 14.7 Å². The Bertz CT molecular complexity index is 159. The van der Waals surface area contributed by atoms with Crippen molar-refractivity contribution < 1.29 is 5.11 Å². The van der Waals surface area contributed by atoms with Gasteiger partial charge in [0.25, 0.3) is 0 Å². The first-order valence-corrected chi connectivity index (χ1v) is 7.83. The standard InChI is InChI=1S/C9H18OSi/c1-5-7-8(6-10)9(7)11(2,3)4/h5,7-10H,1,6H2,2-4H3. The summed E-state index contributed by atoms with van der Waals surface area (Å²) in [6.45, 7) is 11.2. The van der Waals surface area contributed by atoms with Crippen LogP contribution in [0.1, 0.15) is 0 Å². The normalized spacial score (nSPS) is 36.9. The smallest absolute Gasteiger partial charge is 0.0484 e. The first-order chi connectivity index (χ1) is 5.02. The van der Waals surface area contributed by atoms with Crippen LogP contribution in [0.2, 0.25) is 25.2 Å². The monoisotopic (exact) mass is 170 g/mol. The molecule has 1 saturated carbocycles. The minimum atomic E-state index is -1.02. The zero-order valence-corrected chi connectivity index (χ0v) is 8.67. The summed E-state index contributed by atoms with van der Waals surface area (Å²) in [6.07, 6.45) is 2.02. The molecule has 0 bridgehead atoms. The van der Waals surface area contributed by atoms with E-state index in [1.807, 2.05) is 6.08 Å². The molecular formula is C9H18OSi. The van der Waals surface area contributed by atoms with Crippen molar-refractivity contribution >= 4 is 8.07 Å². The Hall–Kier alpha value is -0.0831. The van der Waals surface area contributed by atoms with E-state index >= 15 is 0 Å². The Kier molecular flexibility index (Phi) is 2.26. The molecule has 3 unspecified atom stereocenters.